The molecule has 3 aromatic rings. The van der Waals surface area contributed by atoms with Gasteiger partial charge >= 0.3 is 0 Å². The lowest BCUT2D eigenvalue weighted by atomic mass is 10.1. The highest BCUT2D eigenvalue weighted by atomic mass is 35.5. The molecule has 3 heterocycles. The molecule has 28 heavy (non-hydrogen) atoms. The number of benzene rings is 1. The Morgan fingerprint density at radius 2 is 2.04 bits per heavy atom. The average Bonchev–Trinajstić information content (AvgIpc) is 2.66. The first kappa shape index (κ1) is 18.5. The zero-order valence-electron chi connectivity index (χ0n) is 14.9. The second-order valence-electron chi connectivity index (χ2n) is 6.35. The number of nitrogens with zero attached hydrogens (tertiary/aromatic N) is 4. The SMILES string of the molecule is C=CC(=C)N1CC(Oc2cc3c(Nc4ccc(Cl)cc4Cl)ncnc3cn2)C1. The summed E-state index contributed by atoms with van der Waals surface area (Å²) in [6, 6.07) is 7.05. The lowest BCUT2D eigenvalue weighted by Crippen LogP contribution is -2.52. The van der Waals surface area contributed by atoms with E-state index in [4.69, 9.17) is 27.9 Å². The lowest BCUT2D eigenvalue weighted by Gasteiger charge is -2.40. The van der Waals surface area contributed by atoms with E-state index in [0.29, 0.717) is 32.9 Å². The third-order valence-corrected chi connectivity index (χ3v) is 5.01. The molecular weight excluding hydrogens is 397 g/mol. The van der Waals surface area contributed by atoms with E-state index in [2.05, 4.69) is 38.3 Å². The molecule has 8 heteroatoms. The minimum atomic E-state index is 0.0494. The van der Waals surface area contributed by atoms with Gasteiger partial charge in [0.15, 0.2) is 0 Å². The van der Waals surface area contributed by atoms with Crippen molar-refractivity contribution in [2.75, 3.05) is 18.4 Å². The maximum absolute atomic E-state index is 6.26. The van der Waals surface area contributed by atoms with Crippen LogP contribution in [0.15, 0.2) is 61.7 Å². The molecular formula is C20H17Cl2N5O. The Kier molecular flexibility index (Phi) is 5.07. The van der Waals surface area contributed by atoms with Crippen molar-refractivity contribution in [1.29, 1.82) is 0 Å². The van der Waals surface area contributed by atoms with Crippen molar-refractivity contribution in [1.82, 2.24) is 19.9 Å². The number of anilines is 2. The van der Waals surface area contributed by atoms with Crippen LogP contribution in [0.5, 0.6) is 5.88 Å². The molecule has 0 amide bonds. The molecule has 0 aliphatic carbocycles. The molecule has 1 N–H and O–H groups in total. The van der Waals surface area contributed by atoms with E-state index in [-0.39, 0.29) is 6.10 Å². The van der Waals surface area contributed by atoms with Crippen LogP contribution in [0.1, 0.15) is 0 Å². The Morgan fingerprint density at radius 1 is 1.21 bits per heavy atom. The van der Waals surface area contributed by atoms with Crippen molar-refractivity contribution in [2.45, 2.75) is 6.10 Å². The molecule has 1 aliphatic rings. The number of ether oxygens (including phenoxy) is 1. The Labute approximate surface area is 172 Å². The number of hydrogen-bond donors (Lipinski definition) is 1. The van der Waals surface area contributed by atoms with Gasteiger partial charge in [0.2, 0.25) is 5.88 Å². The second kappa shape index (κ2) is 7.66. The minimum Gasteiger partial charge on any atom is -0.471 e. The van der Waals surface area contributed by atoms with E-state index in [1.54, 1.807) is 30.5 Å². The number of hydrogen-bond acceptors (Lipinski definition) is 6. The normalized spacial score (nSPS) is 13.9. The third kappa shape index (κ3) is 3.74. The number of likely N-dealkylation sites (tertiary alicyclic amines) is 1. The van der Waals surface area contributed by atoms with Gasteiger partial charge < -0.3 is 15.0 Å². The average molecular weight is 414 g/mol. The van der Waals surface area contributed by atoms with Gasteiger partial charge in [-0.25, -0.2) is 15.0 Å². The molecule has 0 spiro atoms. The number of rotatable bonds is 6. The molecule has 2 aromatic heterocycles. The predicted octanol–water partition coefficient (Wildman–Crippen LogP) is 4.84. The molecule has 0 radical (unpaired) electrons. The number of fused-ring (bicyclic) bond motifs is 1. The second-order valence-corrected chi connectivity index (χ2v) is 7.20. The van der Waals surface area contributed by atoms with Crippen molar-refractivity contribution < 1.29 is 4.74 Å². The molecule has 6 nitrogen and oxygen atoms in total. The maximum Gasteiger partial charge on any atom is 0.214 e. The van der Waals surface area contributed by atoms with Crippen LogP contribution in [-0.4, -0.2) is 39.0 Å². The largest absolute Gasteiger partial charge is 0.471 e. The van der Waals surface area contributed by atoms with Crippen LogP contribution < -0.4 is 10.1 Å². The molecule has 0 saturated carbocycles. The summed E-state index contributed by atoms with van der Waals surface area (Å²) in [5.74, 6) is 1.12. The van der Waals surface area contributed by atoms with Gasteiger partial charge in [-0.3, -0.25) is 0 Å². The summed E-state index contributed by atoms with van der Waals surface area (Å²) < 4.78 is 5.97. The molecule has 1 fully saturated rings. The van der Waals surface area contributed by atoms with Gasteiger partial charge in [0, 0.05) is 22.2 Å². The number of allylic oxidation sites excluding steroid dienone is 1. The monoisotopic (exact) mass is 413 g/mol. The summed E-state index contributed by atoms with van der Waals surface area (Å²) >= 11 is 12.2. The fraction of sp³-hybridized carbons (Fsp3) is 0.150. The van der Waals surface area contributed by atoms with E-state index in [1.165, 1.54) is 6.33 Å². The maximum atomic E-state index is 6.26. The standard InChI is InChI=1S/C20H17Cl2N5O/c1-3-12(2)27-9-14(10-27)28-19-7-15-18(8-23-19)24-11-25-20(15)26-17-5-4-13(21)6-16(17)22/h3-8,11,14H,1-2,9-10H2,(H,24,25,26). The van der Waals surface area contributed by atoms with Crippen LogP contribution in [-0.2, 0) is 0 Å². The van der Waals surface area contributed by atoms with Crippen molar-refractivity contribution in [3.63, 3.8) is 0 Å². The number of aromatic nitrogens is 3. The molecule has 142 valence electrons. The summed E-state index contributed by atoms with van der Waals surface area (Å²) in [6.45, 7) is 9.17. The van der Waals surface area contributed by atoms with Gasteiger partial charge in [-0.1, -0.05) is 36.4 Å². The summed E-state index contributed by atoms with van der Waals surface area (Å²) in [5, 5.41) is 5.08. The number of nitrogens with one attached hydrogen (secondary N) is 1. The lowest BCUT2D eigenvalue weighted by molar-refractivity contribution is 0.0439. The van der Waals surface area contributed by atoms with Crippen LogP contribution in [0.2, 0.25) is 10.0 Å². The number of halogens is 2. The van der Waals surface area contributed by atoms with Crippen molar-refractivity contribution >= 4 is 45.6 Å². The smallest absolute Gasteiger partial charge is 0.214 e. The van der Waals surface area contributed by atoms with Gasteiger partial charge in [-0.15, -0.1) is 0 Å². The molecule has 1 saturated heterocycles. The van der Waals surface area contributed by atoms with E-state index < -0.39 is 0 Å². The first-order valence-corrected chi connectivity index (χ1v) is 9.35. The highest BCUT2D eigenvalue weighted by molar-refractivity contribution is 6.36. The molecule has 0 unspecified atom stereocenters. The fourth-order valence-corrected chi connectivity index (χ4v) is 3.33. The van der Waals surface area contributed by atoms with Crippen LogP contribution in [0.4, 0.5) is 11.5 Å². The minimum absolute atomic E-state index is 0.0494. The fourth-order valence-electron chi connectivity index (χ4n) is 2.87. The van der Waals surface area contributed by atoms with Gasteiger partial charge in [0.1, 0.15) is 18.2 Å². The van der Waals surface area contributed by atoms with Gasteiger partial charge in [0.25, 0.3) is 0 Å². The van der Waals surface area contributed by atoms with Crippen molar-refractivity contribution in [2.24, 2.45) is 0 Å². The molecule has 0 bridgehead atoms. The van der Waals surface area contributed by atoms with Crippen LogP contribution in [0, 0.1) is 0 Å². The van der Waals surface area contributed by atoms with Gasteiger partial charge in [0.05, 0.1) is 35.5 Å². The molecule has 1 aromatic carbocycles. The van der Waals surface area contributed by atoms with Crippen molar-refractivity contribution in [3.05, 3.63) is 71.8 Å². The highest BCUT2D eigenvalue weighted by Crippen LogP contribution is 2.31. The summed E-state index contributed by atoms with van der Waals surface area (Å²) in [7, 11) is 0. The Balaban J connectivity index is 1.56. The highest BCUT2D eigenvalue weighted by Gasteiger charge is 2.28. The summed E-state index contributed by atoms with van der Waals surface area (Å²) in [5.41, 5.74) is 2.29. The van der Waals surface area contributed by atoms with Crippen LogP contribution in [0.25, 0.3) is 10.9 Å². The van der Waals surface area contributed by atoms with E-state index >= 15 is 0 Å². The Bertz CT molecular complexity index is 1070. The summed E-state index contributed by atoms with van der Waals surface area (Å²) in [4.78, 5) is 15.1. The van der Waals surface area contributed by atoms with E-state index in [0.717, 1.165) is 24.2 Å². The first-order chi connectivity index (χ1) is 13.5. The van der Waals surface area contributed by atoms with E-state index in [9.17, 15) is 0 Å². The zero-order chi connectivity index (χ0) is 19.7. The van der Waals surface area contributed by atoms with E-state index in [1.807, 2.05) is 6.07 Å². The topological polar surface area (TPSA) is 63.2 Å². The Hall–Kier alpha value is -2.83. The predicted molar refractivity (Wildman–Crippen MR) is 112 cm³/mol. The van der Waals surface area contributed by atoms with Crippen molar-refractivity contribution in [3.8, 4) is 5.88 Å². The Morgan fingerprint density at radius 3 is 2.79 bits per heavy atom. The quantitative estimate of drug-likeness (QED) is 0.583. The molecule has 0 atom stereocenters. The summed E-state index contributed by atoms with van der Waals surface area (Å²) in [6.07, 6.45) is 4.93. The van der Waals surface area contributed by atoms with Gasteiger partial charge in [-0.05, 0) is 24.3 Å². The van der Waals surface area contributed by atoms with Crippen LogP contribution in [0.3, 0.4) is 0 Å². The first-order valence-electron chi connectivity index (χ1n) is 8.59. The van der Waals surface area contributed by atoms with Crippen LogP contribution >= 0.6 is 23.2 Å². The zero-order valence-corrected chi connectivity index (χ0v) is 16.4. The molecule has 1 aliphatic heterocycles. The van der Waals surface area contributed by atoms with Gasteiger partial charge in [-0.2, -0.15) is 0 Å². The third-order valence-electron chi connectivity index (χ3n) is 4.46. The molecule has 4 rings (SSSR count). The number of pyridine rings is 1.